The molecule has 1 aliphatic heterocycles. The van der Waals surface area contributed by atoms with Crippen molar-refractivity contribution in [2.75, 3.05) is 43.4 Å². The molecule has 10 heteroatoms. The normalized spacial score (nSPS) is 16.3. The molecule has 1 atom stereocenters. The van der Waals surface area contributed by atoms with Crippen molar-refractivity contribution in [3.05, 3.63) is 112 Å². The lowest BCUT2D eigenvalue weighted by Gasteiger charge is -2.34. The molecule has 1 aliphatic carbocycles. The zero-order valence-corrected chi connectivity index (χ0v) is 27.0. The molecule has 1 saturated heterocycles. The van der Waals surface area contributed by atoms with E-state index in [2.05, 4.69) is 51.2 Å². The van der Waals surface area contributed by atoms with E-state index in [1.54, 1.807) is 29.2 Å². The fraction of sp³-hybridized carbons (Fsp3) is 0.278. The van der Waals surface area contributed by atoms with Crippen LogP contribution in [0.3, 0.4) is 0 Å². The zero-order chi connectivity index (χ0) is 31.6. The molecule has 46 heavy (non-hydrogen) atoms. The Kier molecular flexibility index (Phi) is 8.57. The summed E-state index contributed by atoms with van der Waals surface area (Å²) in [5.41, 5.74) is 6.17. The van der Waals surface area contributed by atoms with Gasteiger partial charge in [0.05, 0.1) is 6.54 Å². The monoisotopic (exact) mass is 631 g/mol. The summed E-state index contributed by atoms with van der Waals surface area (Å²) in [5.74, 6) is 0.399. The number of piperazine rings is 1. The molecule has 9 nitrogen and oxygen atoms in total. The van der Waals surface area contributed by atoms with Gasteiger partial charge in [-0.15, -0.1) is 0 Å². The van der Waals surface area contributed by atoms with Gasteiger partial charge >= 0.3 is 0 Å². The summed E-state index contributed by atoms with van der Waals surface area (Å²) in [6.07, 6.45) is 8.01. The van der Waals surface area contributed by atoms with Crippen molar-refractivity contribution in [1.82, 2.24) is 24.4 Å². The van der Waals surface area contributed by atoms with Crippen LogP contribution in [-0.4, -0.2) is 62.2 Å². The van der Waals surface area contributed by atoms with E-state index < -0.39 is 11.2 Å². The van der Waals surface area contributed by atoms with Gasteiger partial charge in [0.2, 0.25) is 5.95 Å². The number of nitrogens with one attached hydrogen (secondary N) is 1. The van der Waals surface area contributed by atoms with Gasteiger partial charge in [-0.25, -0.2) is 4.98 Å². The van der Waals surface area contributed by atoms with E-state index in [1.807, 2.05) is 48.5 Å². The van der Waals surface area contributed by atoms with E-state index in [4.69, 9.17) is 4.98 Å². The molecule has 7 rings (SSSR count). The molecular weight excluding hydrogens is 595 g/mol. The highest BCUT2D eigenvalue weighted by Crippen LogP contribution is 2.33. The number of rotatable bonds is 8. The molecule has 1 fully saturated rings. The van der Waals surface area contributed by atoms with Crippen molar-refractivity contribution in [2.24, 2.45) is 0 Å². The molecule has 234 valence electrons. The third-order valence-corrected chi connectivity index (χ3v) is 10.5. The Labute approximate surface area is 271 Å². The number of allylic oxidation sites excluding steroid dienone is 2. The first kappa shape index (κ1) is 30.2. The maximum Gasteiger partial charge on any atom is 0.260 e. The number of hydrogen-bond acceptors (Lipinski definition) is 8. The minimum Gasteiger partial charge on any atom is -0.606 e. The smallest absolute Gasteiger partial charge is 0.260 e. The molecule has 4 heterocycles. The lowest BCUT2D eigenvalue weighted by atomic mass is 10.0. The summed E-state index contributed by atoms with van der Waals surface area (Å²) in [6, 6.07) is 21.3. The molecule has 0 saturated carbocycles. The lowest BCUT2D eigenvalue weighted by molar-refractivity contribution is 0.313. The van der Waals surface area contributed by atoms with Crippen LogP contribution in [0.5, 0.6) is 0 Å². The average Bonchev–Trinajstić information content (AvgIpc) is 3.52. The van der Waals surface area contributed by atoms with Gasteiger partial charge in [0.1, 0.15) is 5.65 Å². The number of fused-ring (bicyclic) bond motifs is 1. The molecule has 0 amide bonds. The number of benzene rings is 2. The Balaban J connectivity index is 1.26. The quantitative estimate of drug-likeness (QED) is 0.213. The second-order valence-corrected chi connectivity index (χ2v) is 13.5. The Morgan fingerprint density at radius 1 is 0.957 bits per heavy atom. The van der Waals surface area contributed by atoms with Gasteiger partial charge in [-0.2, -0.15) is 4.98 Å². The topological polar surface area (TPSA) is 102 Å². The molecule has 0 radical (unpaired) electrons. The van der Waals surface area contributed by atoms with Crippen molar-refractivity contribution in [1.29, 1.82) is 0 Å². The van der Waals surface area contributed by atoms with Gasteiger partial charge in [0.25, 0.3) is 5.56 Å². The SMILES string of the molecule is CC1=C(c2cc3cnc(Nc4ccc(N5CCN(C)CC5)cc4)nc3n(Cc3cnccc3[S+]([O-])c3ccccc3)c2=O)CCC1. The van der Waals surface area contributed by atoms with Crippen molar-refractivity contribution in [3.63, 3.8) is 0 Å². The first-order valence-electron chi connectivity index (χ1n) is 15.7. The third-order valence-electron chi connectivity index (χ3n) is 8.98. The molecule has 2 aliphatic rings. The van der Waals surface area contributed by atoms with Crippen molar-refractivity contribution in [2.45, 2.75) is 42.5 Å². The van der Waals surface area contributed by atoms with E-state index in [9.17, 15) is 9.35 Å². The second kappa shape index (κ2) is 13.1. The van der Waals surface area contributed by atoms with E-state index in [1.165, 1.54) is 11.3 Å². The van der Waals surface area contributed by atoms with Crippen molar-refractivity contribution < 1.29 is 4.55 Å². The fourth-order valence-corrected chi connectivity index (χ4v) is 7.54. The van der Waals surface area contributed by atoms with Crippen LogP contribution in [0, 0.1) is 0 Å². The Hall–Kier alpha value is -4.51. The molecule has 2 aromatic carbocycles. The fourth-order valence-electron chi connectivity index (χ4n) is 6.35. The Morgan fingerprint density at radius 2 is 1.74 bits per heavy atom. The highest BCUT2D eigenvalue weighted by Gasteiger charge is 2.23. The summed E-state index contributed by atoms with van der Waals surface area (Å²) < 4.78 is 15.4. The van der Waals surface area contributed by atoms with E-state index in [0.29, 0.717) is 32.5 Å². The van der Waals surface area contributed by atoms with Crippen LogP contribution < -0.4 is 15.8 Å². The lowest BCUT2D eigenvalue weighted by Crippen LogP contribution is -2.44. The molecule has 5 aromatic rings. The molecule has 1 N–H and O–H groups in total. The third kappa shape index (κ3) is 6.16. The standard InChI is InChI=1S/C36H37N7O2S/c1-25-7-6-10-31(25)32-21-26-23-38-36(39-28-11-13-29(14-12-28)42-19-17-41(2)18-20-42)40-34(26)43(35(32)44)24-27-22-37-16-15-33(27)46(45)30-8-4-3-5-9-30/h3-5,8-9,11-16,21-23H,6-7,10,17-20,24H2,1-2H3,(H,38,39,40). The van der Waals surface area contributed by atoms with Gasteiger partial charge in [0.15, 0.2) is 9.79 Å². The number of anilines is 3. The van der Waals surface area contributed by atoms with Gasteiger partial charge in [0, 0.05) is 89.9 Å². The van der Waals surface area contributed by atoms with Crippen molar-refractivity contribution in [3.8, 4) is 0 Å². The van der Waals surface area contributed by atoms with Crippen LogP contribution in [0.25, 0.3) is 16.6 Å². The number of nitrogens with zero attached hydrogens (tertiary/aromatic N) is 6. The largest absolute Gasteiger partial charge is 0.606 e. The summed E-state index contributed by atoms with van der Waals surface area (Å²) >= 11 is -1.44. The summed E-state index contributed by atoms with van der Waals surface area (Å²) in [5, 5.41) is 4.11. The van der Waals surface area contributed by atoms with Crippen LogP contribution in [0.1, 0.15) is 37.3 Å². The van der Waals surface area contributed by atoms with Gasteiger partial charge in [-0.3, -0.25) is 14.3 Å². The molecule has 3 aromatic heterocycles. The molecule has 1 unspecified atom stereocenters. The predicted octanol–water partition coefficient (Wildman–Crippen LogP) is 5.85. The average molecular weight is 632 g/mol. The number of hydrogen-bond donors (Lipinski definition) is 1. The van der Waals surface area contributed by atoms with E-state index in [0.717, 1.165) is 62.1 Å². The second-order valence-electron chi connectivity index (χ2n) is 12.1. The molecule has 0 spiro atoms. The highest BCUT2D eigenvalue weighted by atomic mass is 32.2. The van der Waals surface area contributed by atoms with Gasteiger partial charge < -0.3 is 19.7 Å². The Bertz CT molecular complexity index is 1950. The van der Waals surface area contributed by atoms with Crippen LogP contribution in [-0.2, 0) is 17.7 Å². The molecular formula is C36H37N7O2S. The van der Waals surface area contributed by atoms with Gasteiger partial charge in [-0.1, -0.05) is 23.8 Å². The van der Waals surface area contributed by atoms with Crippen molar-refractivity contribution >= 4 is 45.1 Å². The number of likely N-dealkylation sites (N-methyl/N-ethyl adjacent to an activating group) is 1. The zero-order valence-electron chi connectivity index (χ0n) is 26.1. The van der Waals surface area contributed by atoms with E-state index >= 15 is 0 Å². The van der Waals surface area contributed by atoms with Gasteiger partial charge in [-0.05, 0) is 81.3 Å². The maximum atomic E-state index is 14.3. The number of pyridine rings is 2. The van der Waals surface area contributed by atoms with E-state index in [-0.39, 0.29) is 12.1 Å². The Morgan fingerprint density at radius 3 is 2.48 bits per heavy atom. The van der Waals surface area contributed by atoms with Crippen LogP contribution in [0.4, 0.5) is 17.3 Å². The predicted molar refractivity (Wildman–Crippen MR) is 184 cm³/mol. The maximum absolute atomic E-state index is 14.3. The summed E-state index contributed by atoms with van der Waals surface area (Å²) in [4.78, 5) is 34.2. The van der Waals surface area contributed by atoms with Crippen LogP contribution in [0.15, 0.2) is 105 Å². The highest BCUT2D eigenvalue weighted by molar-refractivity contribution is 7.91. The minimum atomic E-state index is -1.44. The first-order chi connectivity index (χ1) is 22.4. The first-order valence-corrected chi connectivity index (χ1v) is 16.9. The summed E-state index contributed by atoms with van der Waals surface area (Å²) in [6.45, 7) is 6.39. The molecule has 0 bridgehead atoms. The minimum absolute atomic E-state index is 0.120. The van der Waals surface area contributed by atoms with Crippen LogP contribution in [0.2, 0.25) is 0 Å². The number of aromatic nitrogens is 4. The summed E-state index contributed by atoms with van der Waals surface area (Å²) in [7, 11) is 2.16. The van der Waals surface area contributed by atoms with Crippen LogP contribution >= 0.6 is 0 Å².